The van der Waals surface area contributed by atoms with Crippen molar-refractivity contribution in [3.05, 3.63) is 82.4 Å². The van der Waals surface area contributed by atoms with Crippen LogP contribution in [0, 0.1) is 11.6 Å². The maximum absolute atomic E-state index is 13.6. The number of methoxy groups -OCH3 is 1. The van der Waals surface area contributed by atoms with Crippen LogP contribution in [0.1, 0.15) is 10.4 Å². The van der Waals surface area contributed by atoms with Crippen molar-refractivity contribution in [3.63, 3.8) is 0 Å². The number of nitrogens with zero attached hydrogens (tertiary/aromatic N) is 2. The van der Waals surface area contributed by atoms with E-state index >= 15 is 0 Å². The highest BCUT2D eigenvalue weighted by Gasteiger charge is 2.16. The molecule has 1 N–H and O–H groups in total. The van der Waals surface area contributed by atoms with Crippen LogP contribution in [0.4, 0.5) is 8.78 Å². The molecule has 1 aromatic heterocycles. The molecule has 0 saturated carbocycles. The highest BCUT2D eigenvalue weighted by atomic mass is 19.1. The summed E-state index contributed by atoms with van der Waals surface area (Å²) in [5.41, 5.74) is 0.296. The van der Waals surface area contributed by atoms with E-state index < -0.39 is 23.1 Å². The zero-order chi connectivity index (χ0) is 20.1. The normalized spacial score (nSPS) is 10.5. The lowest BCUT2D eigenvalue weighted by Gasteiger charge is -2.09. The summed E-state index contributed by atoms with van der Waals surface area (Å²) >= 11 is 0. The quantitative estimate of drug-likeness (QED) is 0.708. The van der Waals surface area contributed by atoms with Gasteiger partial charge in [-0.15, -0.1) is 0 Å². The largest absolute Gasteiger partial charge is 0.497 e. The molecule has 1 heterocycles. The Labute approximate surface area is 159 Å². The second-order valence-corrected chi connectivity index (χ2v) is 5.89. The topological polar surface area (TPSA) is 73.2 Å². The molecule has 144 valence electrons. The zero-order valence-corrected chi connectivity index (χ0v) is 15.0. The Balaban J connectivity index is 1.65. The first-order chi connectivity index (χ1) is 13.5. The van der Waals surface area contributed by atoms with E-state index in [1.807, 2.05) is 0 Å². The van der Waals surface area contributed by atoms with Crippen molar-refractivity contribution in [1.29, 1.82) is 0 Å². The van der Waals surface area contributed by atoms with Crippen LogP contribution in [-0.4, -0.2) is 29.1 Å². The monoisotopic (exact) mass is 385 g/mol. The van der Waals surface area contributed by atoms with E-state index in [4.69, 9.17) is 4.74 Å². The second kappa shape index (κ2) is 8.43. The molecule has 8 heteroatoms. The predicted molar refractivity (Wildman–Crippen MR) is 99.2 cm³/mol. The van der Waals surface area contributed by atoms with E-state index in [0.717, 1.165) is 17.7 Å². The molecule has 1 amide bonds. The molecule has 0 atom stereocenters. The molecule has 3 aromatic rings. The molecule has 28 heavy (non-hydrogen) atoms. The minimum Gasteiger partial charge on any atom is -0.497 e. The van der Waals surface area contributed by atoms with E-state index in [2.05, 4.69) is 10.3 Å². The maximum Gasteiger partial charge on any atom is 0.257 e. The number of ether oxygens (including phenoxy) is 1. The van der Waals surface area contributed by atoms with Gasteiger partial charge in [0, 0.05) is 24.7 Å². The summed E-state index contributed by atoms with van der Waals surface area (Å²) in [5.74, 6) is -2.08. The number of carbonyl (C=O) groups excluding carboxylic acids is 1. The number of benzene rings is 2. The van der Waals surface area contributed by atoms with Crippen LogP contribution in [0.5, 0.6) is 5.75 Å². The molecule has 0 radical (unpaired) electrons. The third kappa shape index (κ3) is 4.22. The average molecular weight is 385 g/mol. The van der Waals surface area contributed by atoms with Gasteiger partial charge >= 0.3 is 0 Å². The first-order valence-electron chi connectivity index (χ1n) is 8.42. The standard InChI is InChI=1S/C20H17F2N3O3/c1-28-14-7-5-13(6-8-14)17-11-18(26)25(12-24-17)10-9-23-20(27)19-15(21)3-2-4-16(19)22/h2-8,11-12H,9-10H2,1H3,(H,23,27). The third-order valence-electron chi connectivity index (χ3n) is 4.09. The Morgan fingerprint density at radius 2 is 1.82 bits per heavy atom. The Morgan fingerprint density at radius 3 is 2.43 bits per heavy atom. The molecule has 0 aliphatic carbocycles. The van der Waals surface area contributed by atoms with Crippen LogP contribution in [0.25, 0.3) is 11.3 Å². The lowest BCUT2D eigenvalue weighted by Crippen LogP contribution is -2.31. The minimum atomic E-state index is -0.944. The molecule has 0 bridgehead atoms. The highest BCUT2D eigenvalue weighted by Crippen LogP contribution is 2.19. The number of hydrogen-bond acceptors (Lipinski definition) is 4. The molecule has 2 aromatic carbocycles. The molecule has 0 spiro atoms. The lowest BCUT2D eigenvalue weighted by molar-refractivity contribution is 0.0943. The van der Waals surface area contributed by atoms with Gasteiger partial charge in [0.25, 0.3) is 11.5 Å². The van der Waals surface area contributed by atoms with E-state index in [-0.39, 0.29) is 18.6 Å². The second-order valence-electron chi connectivity index (χ2n) is 5.89. The van der Waals surface area contributed by atoms with Gasteiger partial charge in [0.1, 0.15) is 22.9 Å². The number of rotatable bonds is 6. The molecule has 0 aliphatic heterocycles. The van der Waals surface area contributed by atoms with Crippen molar-refractivity contribution in [3.8, 4) is 17.0 Å². The summed E-state index contributed by atoms with van der Waals surface area (Å²) in [7, 11) is 1.56. The van der Waals surface area contributed by atoms with Gasteiger partial charge in [0.2, 0.25) is 0 Å². The third-order valence-corrected chi connectivity index (χ3v) is 4.09. The van der Waals surface area contributed by atoms with E-state index in [0.29, 0.717) is 11.4 Å². The summed E-state index contributed by atoms with van der Waals surface area (Å²) in [5, 5.41) is 2.39. The van der Waals surface area contributed by atoms with Gasteiger partial charge < -0.3 is 10.1 Å². The van der Waals surface area contributed by atoms with E-state index in [1.54, 1.807) is 31.4 Å². The predicted octanol–water partition coefficient (Wildman–Crippen LogP) is 2.63. The van der Waals surface area contributed by atoms with Crippen molar-refractivity contribution >= 4 is 5.91 Å². The van der Waals surface area contributed by atoms with Gasteiger partial charge in [0.05, 0.1) is 19.1 Å². The SMILES string of the molecule is COc1ccc(-c2cc(=O)n(CCNC(=O)c3c(F)cccc3F)cn2)cc1. The maximum atomic E-state index is 13.6. The molecule has 0 unspecified atom stereocenters. The Hall–Kier alpha value is -3.55. The fourth-order valence-corrected chi connectivity index (χ4v) is 2.61. The Morgan fingerprint density at radius 1 is 1.14 bits per heavy atom. The van der Waals surface area contributed by atoms with E-state index in [1.165, 1.54) is 23.0 Å². The van der Waals surface area contributed by atoms with Crippen molar-refractivity contribution in [2.45, 2.75) is 6.54 Å². The summed E-state index contributed by atoms with van der Waals surface area (Å²) in [6.45, 7) is 0.118. The van der Waals surface area contributed by atoms with Gasteiger partial charge in [-0.1, -0.05) is 6.07 Å². The average Bonchev–Trinajstić information content (AvgIpc) is 2.69. The summed E-state index contributed by atoms with van der Waals surface area (Å²) in [6.07, 6.45) is 1.36. The van der Waals surface area contributed by atoms with Crippen LogP contribution >= 0.6 is 0 Å². The molecule has 0 fully saturated rings. The van der Waals surface area contributed by atoms with Crippen LogP contribution < -0.4 is 15.6 Å². The van der Waals surface area contributed by atoms with Crippen molar-refractivity contribution < 1.29 is 18.3 Å². The minimum absolute atomic E-state index is 0.01000. The molecular weight excluding hydrogens is 368 g/mol. The zero-order valence-electron chi connectivity index (χ0n) is 15.0. The number of amides is 1. The number of hydrogen-bond donors (Lipinski definition) is 1. The van der Waals surface area contributed by atoms with Gasteiger partial charge in [-0.05, 0) is 36.4 Å². The summed E-state index contributed by atoms with van der Waals surface area (Å²) in [6, 6.07) is 11.7. The van der Waals surface area contributed by atoms with Crippen molar-refractivity contribution in [2.75, 3.05) is 13.7 Å². The summed E-state index contributed by atoms with van der Waals surface area (Å²) < 4.78 is 33.6. The highest BCUT2D eigenvalue weighted by molar-refractivity contribution is 5.94. The number of nitrogens with one attached hydrogen (secondary N) is 1. The van der Waals surface area contributed by atoms with E-state index in [9.17, 15) is 18.4 Å². The fourth-order valence-electron chi connectivity index (χ4n) is 2.61. The number of aromatic nitrogens is 2. The smallest absolute Gasteiger partial charge is 0.257 e. The van der Waals surface area contributed by atoms with Gasteiger partial charge in [-0.25, -0.2) is 13.8 Å². The molecule has 0 saturated heterocycles. The molecule has 0 aliphatic rings. The van der Waals surface area contributed by atoms with Crippen LogP contribution in [0.15, 0.2) is 59.7 Å². The fraction of sp³-hybridized carbons (Fsp3) is 0.150. The van der Waals surface area contributed by atoms with Crippen molar-refractivity contribution in [2.24, 2.45) is 0 Å². The van der Waals surface area contributed by atoms with Crippen LogP contribution in [-0.2, 0) is 6.54 Å². The van der Waals surface area contributed by atoms with Crippen molar-refractivity contribution in [1.82, 2.24) is 14.9 Å². The van der Waals surface area contributed by atoms with Crippen LogP contribution in [0.3, 0.4) is 0 Å². The first kappa shape index (κ1) is 19.2. The van der Waals surface area contributed by atoms with Crippen LogP contribution in [0.2, 0.25) is 0 Å². The Kier molecular flexibility index (Phi) is 5.78. The first-order valence-corrected chi connectivity index (χ1v) is 8.42. The van der Waals surface area contributed by atoms with Gasteiger partial charge in [-0.3, -0.25) is 14.2 Å². The summed E-state index contributed by atoms with van der Waals surface area (Å²) in [4.78, 5) is 28.4. The molecule has 3 rings (SSSR count). The lowest BCUT2D eigenvalue weighted by atomic mass is 10.1. The Bertz CT molecular complexity index is 1030. The number of carbonyl (C=O) groups is 1. The molecular formula is C20H17F2N3O3. The number of halogens is 2. The van der Waals surface area contributed by atoms with Gasteiger partial charge in [0.15, 0.2) is 0 Å². The van der Waals surface area contributed by atoms with Gasteiger partial charge in [-0.2, -0.15) is 0 Å². The molecule has 6 nitrogen and oxygen atoms in total.